The lowest BCUT2D eigenvalue weighted by molar-refractivity contribution is 0.413. The number of amidine groups is 1. The molecule has 2 aromatic rings. The minimum atomic E-state index is 0.0614. The van der Waals surface area contributed by atoms with Gasteiger partial charge in [0.05, 0.1) is 7.11 Å². The van der Waals surface area contributed by atoms with Crippen molar-refractivity contribution >= 4 is 29.2 Å². The minimum Gasteiger partial charge on any atom is -0.497 e. The highest BCUT2D eigenvalue weighted by Crippen LogP contribution is 2.30. The quantitative estimate of drug-likeness (QED) is 0.500. The number of nitrogens with two attached hydrogens (primary N) is 1. The third-order valence-corrected chi connectivity index (χ3v) is 4.16. The van der Waals surface area contributed by atoms with E-state index in [1.54, 1.807) is 18.9 Å². The van der Waals surface area contributed by atoms with Gasteiger partial charge < -0.3 is 10.5 Å². The molecule has 0 saturated heterocycles. The molecule has 0 aliphatic rings. The van der Waals surface area contributed by atoms with E-state index in [2.05, 4.69) is 0 Å². The molecule has 104 valence electrons. The van der Waals surface area contributed by atoms with Crippen molar-refractivity contribution in [3.8, 4) is 5.75 Å². The zero-order valence-electron chi connectivity index (χ0n) is 11.0. The van der Waals surface area contributed by atoms with E-state index in [0.29, 0.717) is 0 Å². The summed E-state index contributed by atoms with van der Waals surface area (Å²) in [7, 11) is 1.62. The van der Waals surface area contributed by atoms with Crippen LogP contribution in [0, 0.1) is 5.41 Å². The van der Waals surface area contributed by atoms with Gasteiger partial charge in [-0.1, -0.05) is 23.7 Å². The lowest BCUT2D eigenvalue weighted by atomic mass is 10.2. The van der Waals surface area contributed by atoms with Crippen LogP contribution >= 0.6 is 23.4 Å². The number of benzene rings is 2. The molecule has 3 N–H and O–H groups in total. The minimum absolute atomic E-state index is 0.0614. The van der Waals surface area contributed by atoms with Crippen molar-refractivity contribution in [1.29, 1.82) is 5.41 Å². The van der Waals surface area contributed by atoms with Gasteiger partial charge in [0.2, 0.25) is 0 Å². The van der Waals surface area contributed by atoms with Gasteiger partial charge in [0.1, 0.15) is 11.6 Å². The number of rotatable bonds is 5. The molecular weight excluding hydrogens is 292 g/mol. The van der Waals surface area contributed by atoms with Crippen LogP contribution in [0.25, 0.3) is 0 Å². The molecule has 2 rings (SSSR count). The summed E-state index contributed by atoms with van der Waals surface area (Å²) >= 11 is 7.49. The smallest absolute Gasteiger partial charge is 0.123 e. The molecular formula is C15H15ClN2OS. The third-order valence-electron chi connectivity index (χ3n) is 2.79. The fraction of sp³-hybridized carbons (Fsp3) is 0.133. The highest BCUT2D eigenvalue weighted by atomic mass is 35.5. The number of halogens is 1. The maximum absolute atomic E-state index is 7.62. The van der Waals surface area contributed by atoms with Crippen LogP contribution in [0.1, 0.15) is 11.1 Å². The van der Waals surface area contributed by atoms with E-state index < -0.39 is 0 Å². The summed E-state index contributed by atoms with van der Waals surface area (Å²) in [5, 5.41) is 8.35. The Labute approximate surface area is 127 Å². The fourth-order valence-electron chi connectivity index (χ4n) is 1.71. The van der Waals surface area contributed by atoms with E-state index in [0.717, 1.165) is 32.5 Å². The Morgan fingerprint density at radius 3 is 2.55 bits per heavy atom. The first-order chi connectivity index (χ1) is 9.60. The van der Waals surface area contributed by atoms with Crippen molar-refractivity contribution in [2.24, 2.45) is 5.73 Å². The molecule has 0 amide bonds. The second-order valence-corrected chi connectivity index (χ2v) is 5.64. The standard InChI is InChI=1S/C15H15ClN2OS/c1-19-12-6-7-13(15(17)18)14(8-12)20-9-10-2-4-11(16)5-3-10/h2-8H,9H2,1H3,(H3,17,18). The summed E-state index contributed by atoms with van der Waals surface area (Å²) in [5.41, 5.74) is 7.50. The lowest BCUT2D eigenvalue weighted by Crippen LogP contribution is -2.12. The Morgan fingerprint density at radius 2 is 1.95 bits per heavy atom. The van der Waals surface area contributed by atoms with Crippen molar-refractivity contribution in [1.82, 2.24) is 0 Å². The number of nitrogen functional groups attached to an aromatic ring is 1. The predicted molar refractivity (Wildman–Crippen MR) is 85.0 cm³/mol. The molecule has 0 aliphatic heterocycles. The van der Waals surface area contributed by atoms with Crippen LogP contribution in [-0.2, 0) is 5.75 Å². The molecule has 0 aliphatic carbocycles. The van der Waals surface area contributed by atoms with Crippen molar-refractivity contribution < 1.29 is 4.74 Å². The maximum atomic E-state index is 7.62. The second kappa shape index (κ2) is 6.68. The molecule has 5 heteroatoms. The van der Waals surface area contributed by atoms with Crippen LogP contribution in [0.5, 0.6) is 5.75 Å². The van der Waals surface area contributed by atoms with Gasteiger partial charge >= 0.3 is 0 Å². The van der Waals surface area contributed by atoms with E-state index in [9.17, 15) is 0 Å². The Balaban J connectivity index is 2.18. The van der Waals surface area contributed by atoms with Crippen LogP contribution in [0.2, 0.25) is 5.02 Å². The Morgan fingerprint density at radius 1 is 1.25 bits per heavy atom. The Kier molecular flexibility index (Phi) is 4.93. The topological polar surface area (TPSA) is 59.1 Å². The van der Waals surface area contributed by atoms with Gasteiger partial charge in [0.15, 0.2) is 0 Å². The summed E-state index contributed by atoms with van der Waals surface area (Å²) in [6.45, 7) is 0. The van der Waals surface area contributed by atoms with Crippen molar-refractivity contribution in [2.45, 2.75) is 10.6 Å². The lowest BCUT2D eigenvalue weighted by Gasteiger charge is -2.10. The Hall–Kier alpha value is -1.65. The van der Waals surface area contributed by atoms with Crippen LogP contribution in [-0.4, -0.2) is 12.9 Å². The number of thioether (sulfide) groups is 1. The van der Waals surface area contributed by atoms with Crippen molar-refractivity contribution in [3.63, 3.8) is 0 Å². The van der Waals surface area contributed by atoms with E-state index in [1.165, 1.54) is 0 Å². The predicted octanol–water partition coefficient (Wildman–Crippen LogP) is 3.92. The fourth-order valence-corrected chi connectivity index (χ4v) is 2.89. The monoisotopic (exact) mass is 306 g/mol. The first-order valence-corrected chi connectivity index (χ1v) is 7.36. The molecule has 0 bridgehead atoms. The number of nitrogens with one attached hydrogen (secondary N) is 1. The van der Waals surface area contributed by atoms with Crippen molar-refractivity contribution in [3.05, 3.63) is 58.6 Å². The largest absolute Gasteiger partial charge is 0.497 e. The molecule has 0 aromatic heterocycles. The van der Waals surface area contributed by atoms with Gasteiger partial charge in [-0.05, 0) is 35.9 Å². The first kappa shape index (κ1) is 14.8. The molecule has 0 heterocycles. The normalized spacial score (nSPS) is 10.3. The van der Waals surface area contributed by atoms with Gasteiger partial charge in [0, 0.05) is 21.2 Å². The summed E-state index contributed by atoms with van der Waals surface area (Å²) < 4.78 is 5.22. The van der Waals surface area contributed by atoms with Crippen LogP contribution in [0.3, 0.4) is 0 Å². The number of hydrogen-bond acceptors (Lipinski definition) is 3. The van der Waals surface area contributed by atoms with Gasteiger partial charge in [-0.25, -0.2) is 0 Å². The van der Waals surface area contributed by atoms with E-state index in [1.807, 2.05) is 42.5 Å². The molecule has 0 radical (unpaired) electrons. The SMILES string of the molecule is COc1ccc(C(=N)N)c(SCc2ccc(Cl)cc2)c1. The van der Waals surface area contributed by atoms with Crippen LogP contribution in [0.4, 0.5) is 0 Å². The van der Waals surface area contributed by atoms with E-state index in [4.69, 9.17) is 27.5 Å². The van der Waals surface area contributed by atoms with Crippen LogP contribution < -0.4 is 10.5 Å². The molecule has 2 aromatic carbocycles. The summed E-state index contributed by atoms with van der Waals surface area (Å²) in [6, 6.07) is 13.2. The summed E-state index contributed by atoms with van der Waals surface area (Å²) in [4.78, 5) is 0.937. The second-order valence-electron chi connectivity index (χ2n) is 4.19. The Bertz CT molecular complexity index is 614. The molecule has 0 fully saturated rings. The number of hydrogen-bond donors (Lipinski definition) is 2. The zero-order chi connectivity index (χ0) is 14.5. The molecule has 0 saturated carbocycles. The van der Waals surface area contributed by atoms with Gasteiger partial charge in [0.25, 0.3) is 0 Å². The number of methoxy groups -OCH3 is 1. The summed E-state index contributed by atoms with van der Waals surface area (Å²) in [5.74, 6) is 1.60. The highest BCUT2D eigenvalue weighted by Gasteiger charge is 2.08. The van der Waals surface area contributed by atoms with Gasteiger partial charge in [-0.3, -0.25) is 5.41 Å². The molecule has 20 heavy (non-hydrogen) atoms. The molecule has 0 spiro atoms. The first-order valence-electron chi connectivity index (χ1n) is 6.00. The summed E-state index contributed by atoms with van der Waals surface area (Å²) in [6.07, 6.45) is 0. The molecule has 0 atom stereocenters. The molecule has 3 nitrogen and oxygen atoms in total. The number of ether oxygens (including phenoxy) is 1. The van der Waals surface area contributed by atoms with Crippen LogP contribution in [0.15, 0.2) is 47.4 Å². The maximum Gasteiger partial charge on any atom is 0.123 e. The average molecular weight is 307 g/mol. The van der Waals surface area contributed by atoms with Crippen molar-refractivity contribution in [2.75, 3.05) is 7.11 Å². The third kappa shape index (κ3) is 3.68. The van der Waals surface area contributed by atoms with E-state index >= 15 is 0 Å². The molecule has 0 unspecified atom stereocenters. The zero-order valence-corrected chi connectivity index (χ0v) is 12.6. The highest BCUT2D eigenvalue weighted by molar-refractivity contribution is 7.98. The van der Waals surface area contributed by atoms with E-state index in [-0.39, 0.29) is 5.84 Å². The average Bonchev–Trinajstić information content (AvgIpc) is 2.46. The van der Waals surface area contributed by atoms with Gasteiger partial charge in [-0.15, -0.1) is 11.8 Å². The van der Waals surface area contributed by atoms with Gasteiger partial charge in [-0.2, -0.15) is 0 Å².